The Balaban J connectivity index is 1.83. The first kappa shape index (κ1) is 12.6. The van der Waals surface area contributed by atoms with Crippen molar-refractivity contribution < 1.29 is 13.6 Å². The molecule has 0 radical (unpaired) electrons. The number of benzene rings is 2. The SMILES string of the molecule is Nc1ccc(CO[P+](=O)Oc2ccccc2)cc1. The Morgan fingerprint density at radius 1 is 1.00 bits per heavy atom. The van der Waals surface area contributed by atoms with Crippen molar-refractivity contribution in [2.75, 3.05) is 5.73 Å². The normalized spacial score (nSPS) is 11.0. The van der Waals surface area contributed by atoms with Crippen molar-refractivity contribution in [1.82, 2.24) is 0 Å². The second-order valence-electron chi connectivity index (χ2n) is 3.64. The number of para-hydroxylation sites is 1. The predicted molar refractivity (Wildman–Crippen MR) is 70.3 cm³/mol. The molecule has 2 N–H and O–H groups in total. The molecule has 0 heterocycles. The molecule has 1 unspecified atom stereocenters. The lowest BCUT2D eigenvalue weighted by Crippen LogP contribution is -1.90. The van der Waals surface area contributed by atoms with E-state index in [0.717, 1.165) is 5.56 Å². The van der Waals surface area contributed by atoms with Crippen LogP contribution in [-0.2, 0) is 15.7 Å². The number of hydrogen-bond acceptors (Lipinski definition) is 4. The van der Waals surface area contributed by atoms with E-state index in [1.54, 1.807) is 36.4 Å². The van der Waals surface area contributed by atoms with E-state index >= 15 is 0 Å². The molecule has 1 atom stereocenters. The van der Waals surface area contributed by atoms with Crippen LogP contribution in [0.4, 0.5) is 5.69 Å². The van der Waals surface area contributed by atoms with E-state index < -0.39 is 8.25 Å². The van der Waals surface area contributed by atoms with Crippen molar-refractivity contribution in [2.24, 2.45) is 0 Å². The second kappa shape index (κ2) is 6.15. The molecule has 0 saturated heterocycles. The molecule has 0 bridgehead atoms. The van der Waals surface area contributed by atoms with Crippen LogP contribution >= 0.6 is 8.25 Å². The highest BCUT2D eigenvalue weighted by Gasteiger charge is 2.21. The van der Waals surface area contributed by atoms with Gasteiger partial charge in [-0.2, -0.15) is 0 Å². The fraction of sp³-hybridized carbons (Fsp3) is 0.0769. The average Bonchev–Trinajstić information content (AvgIpc) is 2.39. The molecule has 0 spiro atoms. The highest BCUT2D eigenvalue weighted by Crippen LogP contribution is 2.28. The van der Waals surface area contributed by atoms with E-state index in [4.69, 9.17) is 14.8 Å². The molecule has 4 nitrogen and oxygen atoms in total. The van der Waals surface area contributed by atoms with Crippen molar-refractivity contribution in [3.8, 4) is 5.75 Å². The molecule has 5 heteroatoms. The maximum absolute atomic E-state index is 11.5. The second-order valence-corrected chi connectivity index (χ2v) is 4.53. The molecule has 0 amide bonds. The van der Waals surface area contributed by atoms with Crippen molar-refractivity contribution >= 4 is 13.9 Å². The number of anilines is 1. The number of nitrogens with two attached hydrogens (primary N) is 1. The molecular weight excluding hydrogens is 249 g/mol. The van der Waals surface area contributed by atoms with Crippen molar-refractivity contribution in [3.05, 3.63) is 60.2 Å². The number of hydrogen-bond donors (Lipinski definition) is 1. The summed E-state index contributed by atoms with van der Waals surface area (Å²) in [5.74, 6) is 0.524. The smallest absolute Gasteiger partial charge is 0.399 e. The summed E-state index contributed by atoms with van der Waals surface area (Å²) in [7, 11) is -2.17. The third-order valence-electron chi connectivity index (χ3n) is 2.24. The molecule has 0 aromatic heterocycles. The molecule has 2 aromatic rings. The first-order valence-electron chi connectivity index (χ1n) is 5.41. The molecule has 0 aliphatic carbocycles. The van der Waals surface area contributed by atoms with E-state index in [0.29, 0.717) is 11.4 Å². The first-order valence-corrected chi connectivity index (χ1v) is 6.51. The average molecular weight is 262 g/mol. The summed E-state index contributed by atoms with van der Waals surface area (Å²) in [6.45, 7) is 0.225. The highest BCUT2D eigenvalue weighted by atomic mass is 31.1. The van der Waals surface area contributed by atoms with Gasteiger partial charge >= 0.3 is 8.25 Å². The van der Waals surface area contributed by atoms with Gasteiger partial charge in [0.2, 0.25) is 0 Å². The summed E-state index contributed by atoms with van der Waals surface area (Å²) < 4.78 is 21.8. The van der Waals surface area contributed by atoms with Crippen LogP contribution in [-0.4, -0.2) is 0 Å². The molecule has 2 aromatic carbocycles. The van der Waals surface area contributed by atoms with Gasteiger partial charge in [-0.1, -0.05) is 30.3 Å². The first-order chi connectivity index (χ1) is 8.74. The topological polar surface area (TPSA) is 61.5 Å². The lowest BCUT2D eigenvalue weighted by Gasteiger charge is -1.96. The summed E-state index contributed by atoms with van der Waals surface area (Å²) in [5, 5.41) is 0. The maximum atomic E-state index is 11.5. The molecule has 2 rings (SSSR count). The van der Waals surface area contributed by atoms with Crippen LogP contribution in [0, 0.1) is 0 Å². The van der Waals surface area contributed by atoms with Gasteiger partial charge in [0.25, 0.3) is 0 Å². The summed E-state index contributed by atoms with van der Waals surface area (Å²) in [4.78, 5) is 0. The van der Waals surface area contributed by atoms with Crippen LogP contribution in [0.25, 0.3) is 0 Å². The Hall–Kier alpha value is -1.90. The van der Waals surface area contributed by atoms with Gasteiger partial charge in [-0.3, -0.25) is 0 Å². The summed E-state index contributed by atoms with van der Waals surface area (Å²) in [6.07, 6.45) is 0. The zero-order valence-electron chi connectivity index (χ0n) is 9.65. The molecule has 18 heavy (non-hydrogen) atoms. The van der Waals surface area contributed by atoms with Gasteiger partial charge in [0.1, 0.15) is 6.61 Å². The molecular formula is C13H13NO3P+. The summed E-state index contributed by atoms with van der Waals surface area (Å²) in [6, 6.07) is 16.1. The van der Waals surface area contributed by atoms with Gasteiger partial charge < -0.3 is 5.73 Å². The molecule has 0 aliphatic heterocycles. The van der Waals surface area contributed by atoms with E-state index in [-0.39, 0.29) is 6.61 Å². The van der Waals surface area contributed by atoms with Crippen LogP contribution in [0.2, 0.25) is 0 Å². The van der Waals surface area contributed by atoms with E-state index in [1.807, 2.05) is 18.2 Å². The van der Waals surface area contributed by atoms with E-state index in [1.165, 1.54) is 0 Å². The van der Waals surface area contributed by atoms with Crippen LogP contribution in [0.5, 0.6) is 5.75 Å². The van der Waals surface area contributed by atoms with Crippen molar-refractivity contribution in [1.29, 1.82) is 0 Å². The minimum absolute atomic E-state index is 0.225. The van der Waals surface area contributed by atoms with Crippen molar-refractivity contribution in [3.63, 3.8) is 0 Å². The zero-order chi connectivity index (χ0) is 12.8. The fourth-order valence-corrected chi connectivity index (χ4v) is 1.94. The third kappa shape index (κ3) is 3.84. The van der Waals surface area contributed by atoms with E-state index in [2.05, 4.69) is 0 Å². The third-order valence-corrected chi connectivity index (χ3v) is 2.94. The minimum atomic E-state index is -2.17. The fourth-order valence-electron chi connectivity index (χ4n) is 1.33. The lowest BCUT2D eigenvalue weighted by molar-refractivity contribution is 0.277. The lowest BCUT2D eigenvalue weighted by atomic mass is 10.2. The minimum Gasteiger partial charge on any atom is -0.399 e. The number of nitrogen functional groups attached to an aromatic ring is 1. The zero-order valence-corrected chi connectivity index (χ0v) is 10.5. The van der Waals surface area contributed by atoms with Gasteiger partial charge in [-0.05, 0) is 29.8 Å². The Kier molecular flexibility index (Phi) is 4.29. The molecule has 92 valence electrons. The Morgan fingerprint density at radius 2 is 1.67 bits per heavy atom. The van der Waals surface area contributed by atoms with E-state index in [9.17, 15) is 4.57 Å². The maximum Gasteiger partial charge on any atom is 0.750 e. The Bertz CT molecular complexity index is 514. The van der Waals surface area contributed by atoms with Gasteiger partial charge in [-0.25, -0.2) is 4.52 Å². The monoisotopic (exact) mass is 262 g/mol. The largest absolute Gasteiger partial charge is 0.750 e. The van der Waals surface area contributed by atoms with Crippen LogP contribution in [0.1, 0.15) is 5.56 Å². The van der Waals surface area contributed by atoms with Crippen LogP contribution in [0.15, 0.2) is 54.6 Å². The van der Waals surface area contributed by atoms with Gasteiger partial charge in [0, 0.05) is 10.3 Å². The Morgan fingerprint density at radius 3 is 2.33 bits per heavy atom. The van der Waals surface area contributed by atoms with Crippen molar-refractivity contribution in [2.45, 2.75) is 6.61 Å². The Labute approximate surface area is 106 Å². The van der Waals surface area contributed by atoms with Gasteiger partial charge in [0.05, 0.1) is 0 Å². The predicted octanol–water partition coefficient (Wildman–Crippen LogP) is 3.52. The van der Waals surface area contributed by atoms with Gasteiger partial charge in [0.15, 0.2) is 5.75 Å². The number of rotatable bonds is 5. The summed E-state index contributed by atoms with van der Waals surface area (Å²) in [5.41, 5.74) is 7.14. The standard InChI is InChI=1S/C13H13NO3P/c14-12-8-6-11(7-9-12)10-16-18(15)17-13-4-2-1-3-5-13/h1-9H,10,14H2/q+1. The highest BCUT2D eigenvalue weighted by molar-refractivity contribution is 7.33. The quantitative estimate of drug-likeness (QED) is 0.661. The van der Waals surface area contributed by atoms with Gasteiger partial charge in [-0.15, -0.1) is 4.52 Å². The molecule has 0 saturated carbocycles. The van der Waals surface area contributed by atoms with Crippen LogP contribution in [0.3, 0.4) is 0 Å². The molecule has 0 aliphatic rings. The molecule has 0 fully saturated rings. The van der Waals surface area contributed by atoms with Crippen LogP contribution < -0.4 is 10.3 Å². The summed E-state index contributed by atoms with van der Waals surface area (Å²) >= 11 is 0.